The largest absolute Gasteiger partial charge is 0.508 e. The van der Waals surface area contributed by atoms with E-state index in [1.807, 2.05) is 97.1 Å². The molecule has 0 saturated carbocycles. The second kappa shape index (κ2) is 33.7. The minimum atomic E-state index is -0.564. The number of nitrogens with one attached hydrogen (secondary N) is 3. The summed E-state index contributed by atoms with van der Waals surface area (Å²) in [4.78, 5) is 70.0. The van der Waals surface area contributed by atoms with Crippen molar-refractivity contribution < 1.29 is 62.3 Å². The van der Waals surface area contributed by atoms with Crippen molar-refractivity contribution in [3.8, 4) is 58.5 Å². The highest BCUT2D eigenvalue weighted by atomic mass is 16.7. The van der Waals surface area contributed by atoms with Crippen LogP contribution in [0.5, 0.6) is 40.2 Å². The molecule has 1 heterocycles. The van der Waals surface area contributed by atoms with Gasteiger partial charge in [0, 0.05) is 40.4 Å². The molecule has 0 radical (unpaired) electrons. The molecule has 85 heavy (non-hydrogen) atoms. The van der Waals surface area contributed by atoms with Crippen LogP contribution < -0.4 is 44.4 Å². The first kappa shape index (κ1) is 64.1. The number of fused-ring (bicyclic) bond motifs is 1. The fourth-order valence-electron chi connectivity index (χ4n) is 7.19. The summed E-state index contributed by atoms with van der Waals surface area (Å²) in [5.41, 5.74) is 5.52. The molecule has 0 aromatic heterocycles. The molecule has 0 atom stereocenters. The van der Waals surface area contributed by atoms with Gasteiger partial charge in [-0.15, -0.1) is 0 Å². The molecule has 7 rings (SSSR count). The number of aryl methyl sites for hydroxylation is 1. The molecule has 0 spiro atoms. The second-order valence-corrected chi connectivity index (χ2v) is 17.8. The second-order valence-electron chi connectivity index (χ2n) is 17.8. The molecule has 1 aliphatic heterocycles. The van der Waals surface area contributed by atoms with Crippen LogP contribution in [0, 0.1) is 40.9 Å². The van der Waals surface area contributed by atoms with Crippen LogP contribution in [0.1, 0.15) is 59.7 Å². The number of phenolic OH excluding ortho intramolecular Hbond substituents is 1. The van der Waals surface area contributed by atoms with Crippen LogP contribution in [-0.2, 0) is 48.4 Å². The topological polar surface area (TPSA) is 285 Å². The van der Waals surface area contributed by atoms with Crippen LogP contribution in [0.3, 0.4) is 0 Å². The predicted molar refractivity (Wildman–Crippen MR) is 315 cm³/mol. The van der Waals surface area contributed by atoms with Crippen molar-refractivity contribution in [1.29, 1.82) is 15.8 Å². The molecular weight excluding hydrogens is 1080 g/mol. The van der Waals surface area contributed by atoms with Crippen molar-refractivity contribution in [3.05, 3.63) is 226 Å². The van der Waals surface area contributed by atoms with Crippen LogP contribution in [0.2, 0.25) is 0 Å². The fraction of sp³-hybridized carbons (Fsp3) is 0.136. The summed E-state index contributed by atoms with van der Waals surface area (Å²) in [6, 6.07) is 44.8. The number of phenols is 1. The van der Waals surface area contributed by atoms with Crippen LogP contribution in [0.25, 0.3) is 18.2 Å². The van der Waals surface area contributed by atoms with E-state index in [1.54, 1.807) is 79.8 Å². The maximum absolute atomic E-state index is 12.2. The molecule has 0 fully saturated rings. The number of benzene rings is 6. The molecule has 4 N–H and O–H groups in total. The lowest BCUT2D eigenvalue weighted by atomic mass is 10.1. The molecule has 0 unspecified atom stereocenters. The number of methoxy groups -OCH3 is 1. The molecule has 3 amide bonds. The van der Waals surface area contributed by atoms with E-state index in [9.17, 15) is 44.4 Å². The van der Waals surface area contributed by atoms with E-state index in [4.69, 9.17) is 33.7 Å². The Morgan fingerprint density at radius 3 is 1.33 bits per heavy atom. The van der Waals surface area contributed by atoms with Crippen molar-refractivity contribution in [2.75, 3.05) is 13.9 Å². The zero-order valence-electron chi connectivity index (χ0n) is 46.9. The van der Waals surface area contributed by atoms with Gasteiger partial charge in [-0.2, -0.15) is 15.8 Å². The maximum Gasteiger partial charge on any atom is 0.308 e. The van der Waals surface area contributed by atoms with E-state index >= 15 is 0 Å². The van der Waals surface area contributed by atoms with Crippen molar-refractivity contribution >= 4 is 53.9 Å². The van der Waals surface area contributed by atoms with E-state index in [-0.39, 0.29) is 47.3 Å². The number of esters is 3. The van der Waals surface area contributed by atoms with Gasteiger partial charge >= 0.3 is 17.9 Å². The molecule has 0 saturated heterocycles. The Kier molecular flexibility index (Phi) is 25.4. The van der Waals surface area contributed by atoms with Crippen molar-refractivity contribution in [3.63, 3.8) is 0 Å². The number of ether oxygens (including phenoxy) is 6. The Bertz CT molecular complexity index is 3710. The quantitative estimate of drug-likeness (QED) is 0.0193. The summed E-state index contributed by atoms with van der Waals surface area (Å²) in [6.07, 6.45) is 14.1. The zero-order chi connectivity index (χ0) is 61.5. The van der Waals surface area contributed by atoms with E-state index in [1.165, 1.54) is 64.3 Å². The summed E-state index contributed by atoms with van der Waals surface area (Å²) in [7, 11) is 1.46. The predicted octanol–water partition coefficient (Wildman–Crippen LogP) is 9.93. The van der Waals surface area contributed by atoms with E-state index in [2.05, 4.69) is 16.0 Å². The third kappa shape index (κ3) is 22.0. The summed E-state index contributed by atoms with van der Waals surface area (Å²) < 4.78 is 30.9. The van der Waals surface area contributed by atoms with Gasteiger partial charge < -0.3 is 49.5 Å². The zero-order valence-corrected chi connectivity index (χ0v) is 46.9. The number of carbonyl (C=O) groups excluding carboxylic acids is 6. The monoisotopic (exact) mass is 1140 g/mol. The Morgan fingerprint density at radius 1 is 0.494 bits per heavy atom. The number of amides is 3. The van der Waals surface area contributed by atoms with Gasteiger partial charge in [0.15, 0.2) is 34.5 Å². The minimum absolute atomic E-state index is 0.0490. The van der Waals surface area contributed by atoms with Gasteiger partial charge in [0.05, 0.1) is 7.11 Å². The Morgan fingerprint density at radius 2 is 0.894 bits per heavy atom. The lowest BCUT2D eigenvalue weighted by Crippen LogP contribution is -2.23. The lowest BCUT2D eigenvalue weighted by Gasteiger charge is -2.09. The fourth-order valence-corrected chi connectivity index (χ4v) is 7.19. The number of hydrogen-bond donors (Lipinski definition) is 4. The maximum atomic E-state index is 12.2. The molecule has 430 valence electrons. The highest BCUT2D eigenvalue weighted by Gasteiger charge is 2.15. The molecule has 0 aliphatic carbocycles. The summed E-state index contributed by atoms with van der Waals surface area (Å²) in [5.74, 6) is -0.537. The number of allylic oxidation sites excluding steroid dienone is 6. The Labute approximate surface area is 491 Å². The van der Waals surface area contributed by atoms with Gasteiger partial charge in [0.2, 0.25) is 6.79 Å². The molecule has 19 nitrogen and oxygen atoms in total. The summed E-state index contributed by atoms with van der Waals surface area (Å²) in [6.45, 7) is 6.65. The number of rotatable bonds is 19. The molecular formula is C66H58N6O13. The van der Waals surface area contributed by atoms with Crippen LogP contribution in [0.15, 0.2) is 187 Å². The van der Waals surface area contributed by atoms with E-state index in [0.29, 0.717) is 41.7 Å². The van der Waals surface area contributed by atoms with E-state index < -0.39 is 35.6 Å². The molecule has 6 aromatic carbocycles. The summed E-state index contributed by atoms with van der Waals surface area (Å²) >= 11 is 0. The molecule has 6 aromatic rings. The molecule has 1 aliphatic rings. The van der Waals surface area contributed by atoms with Gasteiger partial charge in [-0.05, 0) is 107 Å². The number of hydrogen-bond acceptors (Lipinski definition) is 16. The first-order valence-electron chi connectivity index (χ1n) is 25.8. The highest BCUT2D eigenvalue weighted by Crippen LogP contribution is 2.33. The summed E-state index contributed by atoms with van der Waals surface area (Å²) in [5, 5.41) is 45.4. The van der Waals surface area contributed by atoms with Gasteiger partial charge in [-0.25, -0.2) is 0 Å². The number of aromatic hydroxyl groups is 1. The van der Waals surface area contributed by atoms with Gasteiger partial charge in [-0.1, -0.05) is 127 Å². The van der Waals surface area contributed by atoms with Crippen LogP contribution in [0.4, 0.5) is 0 Å². The molecule has 19 heteroatoms. The third-order valence-electron chi connectivity index (χ3n) is 11.4. The van der Waals surface area contributed by atoms with Gasteiger partial charge in [0.25, 0.3) is 17.7 Å². The first-order chi connectivity index (χ1) is 41.0. The average molecular weight is 1140 g/mol. The minimum Gasteiger partial charge on any atom is -0.508 e. The van der Waals surface area contributed by atoms with Crippen LogP contribution >= 0.6 is 0 Å². The third-order valence-corrected chi connectivity index (χ3v) is 11.4. The van der Waals surface area contributed by atoms with Crippen LogP contribution in [-0.4, -0.2) is 54.6 Å². The lowest BCUT2D eigenvalue weighted by molar-refractivity contribution is -0.134. The smallest absolute Gasteiger partial charge is 0.308 e. The Balaban J connectivity index is 0.000000234. The number of carbonyl (C=O) groups is 6. The van der Waals surface area contributed by atoms with Crippen molar-refractivity contribution in [2.24, 2.45) is 0 Å². The van der Waals surface area contributed by atoms with Crippen molar-refractivity contribution in [2.45, 2.75) is 47.3 Å². The molecule has 0 bridgehead atoms. The van der Waals surface area contributed by atoms with Crippen molar-refractivity contribution in [1.82, 2.24) is 16.0 Å². The number of nitrogens with zero attached hydrogens (tertiary/aromatic N) is 3. The number of nitriles is 3. The Hall–Kier alpha value is -11.8. The van der Waals surface area contributed by atoms with Gasteiger partial charge in [-0.3, -0.25) is 28.8 Å². The first-order valence-corrected chi connectivity index (χ1v) is 25.8. The normalized spacial score (nSPS) is 11.5. The van der Waals surface area contributed by atoms with Gasteiger partial charge in [0.1, 0.15) is 40.7 Å². The van der Waals surface area contributed by atoms with E-state index in [0.717, 1.165) is 33.4 Å². The average Bonchev–Trinajstić information content (AvgIpc) is 4.12. The standard InChI is InChI=1S/C23H22N2O5.C23H20N2O5.C20H16N2O3/c1-15-7-8-18(11-20(15)27)14-25-23(28)19(13-24)6-4-5-17-9-10-21(30-16(2)26)22(12-17)29-3;1-16(26)29-21-12-11-18(13-22(21)30-17(2)27)9-6-10-20(14-24)23(28)25-15-19-7-4-3-5-8-19;21-12-17(20(23)22-13-16-5-2-1-3-6-16)8-4-7-15-9-10-18-19(11-15)25-14-24-18/h4-12,27H,14H2,1-3H3,(H,25,28);3-13H,15H2,1-2H3,(H,25,28);1-11H,13-14H2,(H,22,23)/b5-4+,19-6+;9-6+,20-10+;7-4+,17-8+. The highest BCUT2D eigenvalue weighted by molar-refractivity contribution is 5.99. The SMILES string of the molecule is CC(=O)Oc1ccc(/C=C/C=C(\C#N)C(=O)NCc2ccccc2)cc1OC(C)=O.COc1cc(/C=C/C=C(\C#N)C(=O)NCc2ccc(C)c(O)c2)ccc1OC(C)=O.N#C/C(=C\C=C\c1ccc2c(c1)OCO2)C(=O)NCc1ccccc1.